The van der Waals surface area contributed by atoms with E-state index in [4.69, 9.17) is 4.74 Å². The molecule has 6 heteroatoms. The Kier molecular flexibility index (Phi) is 6.17. The van der Waals surface area contributed by atoms with Gasteiger partial charge in [0.25, 0.3) is 5.91 Å². The van der Waals surface area contributed by atoms with Crippen LogP contribution in [-0.4, -0.2) is 30.1 Å². The van der Waals surface area contributed by atoms with Crippen molar-refractivity contribution in [1.29, 1.82) is 0 Å². The van der Waals surface area contributed by atoms with Crippen molar-refractivity contribution >= 4 is 23.2 Å². The van der Waals surface area contributed by atoms with Crippen molar-refractivity contribution in [2.75, 3.05) is 13.2 Å². The third-order valence-electron chi connectivity index (χ3n) is 3.36. The zero-order chi connectivity index (χ0) is 16.7. The first-order valence-corrected chi connectivity index (χ1v) is 8.29. The molecule has 2 N–H and O–H groups in total. The minimum atomic E-state index is -0.926. The minimum Gasteiger partial charge on any atom is -0.494 e. The highest BCUT2D eigenvalue weighted by molar-refractivity contribution is 7.08. The van der Waals surface area contributed by atoms with Crippen molar-refractivity contribution < 1.29 is 19.4 Å². The van der Waals surface area contributed by atoms with Crippen LogP contribution in [0.25, 0.3) is 0 Å². The normalized spacial score (nSPS) is 11.7. The van der Waals surface area contributed by atoms with Gasteiger partial charge in [0.15, 0.2) is 0 Å². The molecule has 0 spiro atoms. The highest BCUT2D eigenvalue weighted by Crippen LogP contribution is 2.15. The first-order chi connectivity index (χ1) is 11.1. The third kappa shape index (κ3) is 5.10. The Balaban J connectivity index is 1.93. The summed E-state index contributed by atoms with van der Waals surface area (Å²) in [4.78, 5) is 23.3. The number of hydrogen-bond acceptors (Lipinski definition) is 4. The number of rotatable bonds is 8. The van der Waals surface area contributed by atoms with Crippen molar-refractivity contribution in [3.8, 4) is 5.75 Å². The predicted octanol–water partition coefficient (Wildman–Crippen LogP) is 2.82. The van der Waals surface area contributed by atoms with Gasteiger partial charge in [0, 0.05) is 17.5 Å². The molecule has 1 unspecified atom stereocenters. The molecular formula is C17H19NO4S. The van der Waals surface area contributed by atoms with Gasteiger partial charge in [0.05, 0.1) is 12.5 Å². The summed E-state index contributed by atoms with van der Waals surface area (Å²) >= 11 is 1.43. The lowest BCUT2D eigenvalue weighted by Gasteiger charge is -2.13. The van der Waals surface area contributed by atoms with Crippen LogP contribution < -0.4 is 10.1 Å². The monoisotopic (exact) mass is 333 g/mol. The van der Waals surface area contributed by atoms with Gasteiger partial charge in [-0.1, -0.05) is 12.1 Å². The Labute approximate surface area is 138 Å². The molecule has 0 saturated heterocycles. The molecule has 23 heavy (non-hydrogen) atoms. The molecule has 2 aromatic rings. The summed E-state index contributed by atoms with van der Waals surface area (Å²) in [6.45, 7) is 2.59. The number of carbonyl (C=O) groups excluding carboxylic acids is 1. The fourth-order valence-electron chi connectivity index (χ4n) is 2.13. The van der Waals surface area contributed by atoms with E-state index in [-0.39, 0.29) is 12.5 Å². The molecule has 5 nitrogen and oxygen atoms in total. The van der Waals surface area contributed by atoms with Gasteiger partial charge in [0.1, 0.15) is 5.75 Å². The van der Waals surface area contributed by atoms with E-state index in [1.165, 1.54) is 11.3 Å². The van der Waals surface area contributed by atoms with E-state index in [0.717, 1.165) is 11.3 Å². The quantitative estimate of drug-likeness (QED) is 0.779. The summed E-state index contributed by atoms with van der Waals surface area (Å²) in [5.41, 5.74) is 1.45. The van der Waals surface area contributed by atoms with Gasteiger partial charge in [0.2, 0.25) is 0 Å². The summed E-state index contributed by atoms with van der Waals surface area (Å²) < 4.78 is 5.36. The van der Waals surface area contributed by atoms with Crippen LogP contribution in [0, 0.1) is 5.92 Å². The number of amides is 1. The topological polar surface area (TPSA) is 75.6 Å². The average Bonchev–Trinajstić information content (AvgIpc) is 3.07. The van der Waals surface area contributed by atoms with Crippen molar-refractivity contribution in [2.45, 2.75) is 13.3 Å². The number of benzene rings is 1. The maximum atomic E-state index is 11.9. The summed E-state index contributed by atoms with van der Waals surface area (Å²) in [6, 6.07) is 9.05. The van der Waals surface area contributed by atoms with Crippen molar-refractivity contribution in [3.63, 3.8) is 0 Å². The zero-order valence-electron chi connectivity index (χ0n) is 12.8. The van der Waals surface area contributed by atoms with Gasteiger partial charge in [-0.15, -0.1) is 0 Å². The molecule has 122 valence electrons. The number of carboxylic acid groups (broad SMARTS) is 1. The molecular weight excluding hydrogens is 314 g/mol. The SMILES string of the molecule is CCOc1ccc(CC(CNC(=O)c2ccsc2)C(=O)O)cc1. The maximum Gasteiger partial charge on any atom is 0.308 e. The number of aliphatic carboxylic acids is 1. The van der Waals surface area contributed by atoms with Crippen LogP contribution in [0.5, 0.6) is 5.75 Å². The van der Waals surface area contributed by atoms with E-state index < -0.39 is 11.9 Å². The van der Waals surface area contributed by atoms with Crippen LogP contribution in [0.3, 0.4) is 0 Å². The lowest BCUT2D eigenvalue weighted by Crippen LogP contribution is -2.33. The Hall–Kier alpha value is -2.34. The van der Waals surface area contributed by atoms with Gasteiger partial charge < -0.3 is 15.2 Å². The van der Waals surface area contributed by atoms with Gasteiger partial charge in [-0.3, -0.25) is 9.59 Å². The van der Waals surface area contributed by atoms with Gasteiger partial charge >= 0.3 is 5.97 Å². The highest BCUT2D eigenvalue weighted by Gasteiger charge is 2.19. The molecule has 0 aliphatic rings. The van der Waals surface area contributed by atoms with Crippen LogP contribution in [0.1, 0.15) is 22.8 Å². The molecule has 0 aliphatic carbocycles. The Morgan fingerprint density at radius 2 is 2.00 bits per heavy atom. The molecule has 0 bridgehead atoms. The number of nitrogens with one attached hydrogen (secondary N) is 1. The largest absolute Gasteiger partial charge is 0.494 e. The van der Waals surface area contributed by atoms with E-state index in [9.17, 15) is 14.7 Å². The van der Waals surface area contributed by atoms with E-state index >= 15 is 0 Å². The van der Waals surface area contributed by atoms with Crippen LogP contribution in [-0.2, 0) is 11.2 Å². The van der Waals surface area contributed by atoms with E-state index in [1.54, 1.807) is 11.4 Å². The molecule has 1 amide bonds. The second kappa shape index (κ2) is 8.33. The Morgan fingerprint density at radius 1 is 1.26 bits per heavy atom. The minimum absolute atomic E-state index is 0.0945. The van der Waals surface area contributed by atoms with Crippen LogP contribution in [0.15, 0.2) is 41.1 Å². The number of hydrogen-bond donors (Lipinski definition) is 2. The molecule has 1 atom stereocenters. The predicted molar refractivity (Wildman–Crippen MR) is 89.1 cm³/mol. The molecule has 2 rings (SSSR count). The van der Waals surface area contributed by atoms with Crippen LogP contribution in [0.2, 0.25) is 0 Å². The van der Waals surface area contributed by atoms with E-state index in [2.05, 4.69) is 5.32 Å². The summed E-state index contributed by atoms with van der Waals surface area (Å²) in [5.74, 6) is -1.09. The maximum absolute atomic E-state index is 11.9. The standard InChI is InChI=1S/C17H19NO4S/c1-2-22-15-5-3-12(4-6-15)9-14(17(20)21)10-18-16(19)13-7-8-23-11-13/h3-8,11,14H,2,9-10H2,1H3,(H,18,19)(H,20,21). The lowest BCUT2D eigenvalue weighted by atomic mass is 9.99. The fraction of sp³-hybridized carbons (Fsp3) is 0.294. The molecule has 0 saturated carbocycles. The third-order valence-corrected chi connectivity index (χ3v) is 4.04. The van der Waals surface area contributed by atoms with Gasteiger partial charge in [-0.05, 0) is 42.5 Å². The van der Waals surface area contributed by atoms with E-state index in [1.807, 2.05) is 36.6 Å². The first kappa shape index (κ1) is 17.0. The smallest absolute Gasteiger partial charge is 0.308 e. The summed E-state index contributed by atoms with van der Waals surface area (Å²) in [5, 5.41) is 15.6. The van der Waals surface area contributed by atoms with Crippen LogP contribution in [0.4, 0.5) is 0 Å². The molecule has 0 radical (unpaired) electrons. The average molecular weight is 333 g/mol. The Morgan fingerprint density at radius 3 is 2.57 bits per heavy atom. The second-order valence-corrected chi connectivity index (χ2v) is 5.82. The van der Waals surface area contributed by atoms with Gasteiger partial charge in [-0.25, -0.2) is 0 Å². The number of carboxylic acids is 1. The molecule has 0 aliphatic heterocycles. The molecule has 0 fully saturated rings. The van der Waals surface area contributed by atoms with Crippen molar-refractivity contribution in [2.24, 2.45) is 5.92 Å². The summed E-state index contributed by atoms with van der Waals surface area (Å²) in [6.07, 6.45) is 0.353. The summed E-state index contributed by atoms with van der Waals surface area (Å²) in [7, 11) is 0. The zero-order valence-corrected chi connectivity index (χ0v) is 13.6. The number of thiophene rings is 1. The molecule has 1 aromatic heterocycles. The van der Waals surface area contributed by atoms with Gasteiger partial charge in [-0.2, -0.15) is 11.3 Å². The fourth-order valence-corrected chi connectivity index (χ4v) is 2.77. The number of ether oxygens (including phenoxy) is 1. The first-order valence-electron chi connectivity index (χ1n) is 7.35. The molecule has 1 aromatic carbocycles. The number of carbonyl (C=O) groups is 2. The highest BCUT2D eigenvalue weighted by atomic mass is 32.1. The van der Waals surface area contributed by atoms with Crippen molar-refractivity contribution in [1.82, 2.24) is 5.32 Å². The molecule has 1 heterocycles. The Bertz CT molecular complexity index is 637. The van der Waals surface area contributed by atoms with E-state index in [0.29, 0.717) is 18.6 Å². The lowest BCUT2D eigenvalue weighted by molar-refractivity contribution is -0.141. The van der Waals surface area contributed by atoms with Crippen LogP contribution >= 0.6 is 11.3 Å². The van der Waals surface area contributed by atoms with Crippen molar-refractivity contribution in [3.05, 3.63) is 52.2 Å². The second-order valence-electron chi connectivity index (χ2n) is 5.04.